The van der Waals surface area contributed by atoms with Crippen LogP contribution in [0, 0.1) is 0 Å². The fourth-order valence-corrected chi connectivity index (χ4v) is 1.90. The Morgan fingerprint density at radius 3 is 2.19 bits per heavy atom. The molecule has 0 aromatic rings. The number of aliphatic carboxylic acids is 1. The van der Waals surface area contributed by atoms with Gasteiger partial charge >= 0.3 is 5.97 Å². The number of hydrogen-bond donors (Lipinski definition) is 3. The highest BCUT2D eigenvalue weighted by Gasteiger charge is 2.10. The van der Waals surface area contributed by atoms with Crippen LogP contribution in [-0.2, 0) is 4.79 Å². The van der Waals surface area contributed by atoms with Crippen molar-refractivity contribution in [3.05, 3.63) is 72.9 Å². The summed E-state index contributed by atoms with van der Waals surface area (Å²) >= 11 is 0. The van der Waals surface area contributed by atoms with Gasteiger partial charge in [-0.25, -0.2) is 0 Å². The second-order valence-electron chi connectivity index (χ2n) is 5.72. The third-order valence-corrected chi connectivity index (χ3v) is 3.35. The molecule has 4 heteroatoms. The summed E-state index contributed by atoms with van der Waals surface area (Å²) in [4.78, 5) is 10.3. The number of aliphatic hydroxyl groups is 2. The predicted octanol–water partition coefficient (Wildman–Crippen LogP) is 4.49. The zero-order valence-corrected chi connectivity index (χ0v) is 15.6. The minimum Gasteiger partial charge on any atom is -0.481 e. The SMILES string of the molecule is CCC=CC[C@H](O)C(O)C=CC=CC=CCC=CCC=CCCC(=O)O. The molecule has 0 fully saturated rings. The molecular formula is C22H32O4. The van der Waals surface area contributed by atoms with E-state index in [4.69, 9.17) is 5.11 Å². The first-order valence-corrected chi connectivity index (χ1v) is 9.10. The Bertz CT molecular complexity index is 524. The molecule has 0 aromatic carbocycles. The molecule has 0 saturated heterocycles. The summed E-state index contributed by atoms with van der Waals surface area (Å²) in [6, 6.07) is 0. The van der Waals surface area contributed by atoms with Gasteiger partial charge in [0.2, 0.25) is 0 Å². The second kappa shape index (κ2) is 17.6. The number of aliphatic hydroxyl groups excluding tert-OH is 2. The number of carboxylic acid groups (broad SMARTS) is 1. The Labute approximate surface area is 157 Å². The molecular weight excluding hydrogens is 328 g/mol. The van der Waals surface area contributed by atoms with Crippen molar-refractivity contribution in [3.63, 3.8) is 0 Å². The lowest BCUT2D eigenvalue weighted by Crippen LogP contribution is -2.22. The van der Waals surface area contributed by atoms with Crippen LogP contribution >= 0.6 is 0 Å². The lowest BCUT2D eigenvalue weighted by Gasteiger charge is -2.11. The Morgan fingerprint density at radius 2 is 1.50 bits per heavy atom. The molecule has 0 bridgehead atoms. The normalized spacial score (nSPS) is 15.5. The quantitative estimate of drug-likeness (QED) is 0.315. The van der Waals surface area contributed by atoms with Crippen molar-refractivity contribution in [2.75, 3.05) is 0 Å². The lowest BCUT2D eigenvalue weighted by molar-refractivity contribution is -0.136. The van der Waals surface area contributed by atoms with Crippen LogP contribution in [0.1, 0.15) is 45.4 Å². The minimum atomic E-state index is -0.864. The van der Waals surface area contributed by atoms with E-state index in [0.29, 0.717) is 12.8 Å². The fraction of sp³-hybridized carbons (Fsp3) is 0.409. The maximum atomic E-state index is 10.3. The van der Waals surface area contributed by atoms with Gasteiger partial charge in [0.05, 0.1) is 12.2 Å². The van der Waals surface area contributed by atoms with Gasteiger partial charge in [-0.2, -0.15) is 0 Å². The standard InChI is InChI=1S/C22H32O4/c1-2-3-14-17-20(23)21(24)18-15-12-10-8-6-4-5-7-9-11-13-16-19-22(25)26/h3,5-8,10-15,18,20-21,23-24H,2,4,9,16-17,19H2,1H3,(H,25,26)/t20-,21?/m0/s1. The fourth-order valence-electron chi connectivity index (χ4n) is 1.90. The van der Waals surface area contributed by atoms with E-state index >= 15 is 0 Å². The van der Waals surface area contributed by atoms with E-state index in [-0.39, 0.29) is 6.42 Å². The maximum absolute atomic E-state index is 10.3. The summed E-state index contributed by atoms with van der Waals surface area (Å²) in [5.74, 6) is -0.770. The summed E-state index contributed by atoms with van der Waals surface area (Å²) in [5, 5.41) is 28.0. The molecule has 0 heterocycles. The van der Waals surface area contributed by atoms with Gasteiger partial charge in [0.15, 0.2) is 0 Å². The van der Waals surface area contributed by atoms with E-state index in [1.54, 1.807) is 12.2 Å². The molecule has 0 spiro atoms. The Morgan fingerprint density at radius 1 is 0.846 bits per heavy atom. The van der Waals surface area contributed by atoms with E-state index in [1.807, 2.05) is 67.7 Å². The molecule has 0 aliphatic carbocycles. The van der Waals surface area contributed by atoms with Gasteiger partial charge < -0.3 is 15.3 Å². The van der Waals surface area contributed by atoms with Gasteiger partial charge in [-0.1, -0.05) is 79.8 Å². The molecule has 0 radical (unpaired) electrons. The molecule has 0 amide bonds. The lowest BCUT2D eigenvalue weighted by atomic mass is 10.1. The van der Waals surface area contributed by atoms with Crippen LogP contribution in [0.5, 0.6) is 0 Å². The van der Waals surface area contributed by atoms with Gasteiger partial charge in [0, 0.05) is 6.42 Å². The molecule has 4 nitrogen and oxygen atoms in total. The molecule has 0 aliphatic heterocycles. The van der Waals surface area contributed by atoms with Crippen LogP contribution in [0.3, 0.4) is 0 Å². The number of allylic oxidation sites excluding steroid dienone is 10. The van der Waals surface area contributed by atoms with Crippen LogP contribution in [-0.4, -0.2) is 33.5 Å². The maximum Gasteiger partial charge on any atom is 0.303 e. The first-order chi connectivity index (χ1) is 12.6. The zero-order chi connectivity index (χ0) is 19.5. The zero-order valence-electron chi connectivity index (χ0n) is 15.6. The molecule has 26 heavy (non-hydrogen) atoms. The smallest absolute Gasteiger partial charge is 0.303 e. The van der Waals surface area contributed by atoms with E-state index in [9.17, 15) is 15.0 Å². The average molecular weight is 360 g/mol. The van der Waals surface area contributed by atoms with Gasteiger partial charge in [-0.15, -0.1) is 0 Å². The predicted molar refractivity (Wildman–Crippen MR) is 108 cm³/mol. The van der Waals surface area contributed by atoms with Crippen molar-refractivity contribution in [1.82, 2.24) is 0 Å². The Kier molecular flexibility index (Phi) is 16.2. The summed E-state index contributed by atoms with van der Waals surface area (Å²) < 4.78 is 0. The number of carboxylic acids is 1. The van der Waals surface area contributed by atoms with Gasteiger partial charge in [-0.3, -0.25) is 4.79 Å². The van der Waals surface area contributed by atoms with Crippen molar-refractivity contribution >= 4 is 5.97 Å². The summed E-state index contributed by atoms with van der Waals surface area (Å²) in [6.07, 6.45) is 24.8. The summed E-state index contributed by atoms with van der Waals surface area (Å²) in [5.41, 5.74) is 0. The molecule has 1 unspecified atom stereocenters. The first-order valence-electron chi connectivity index (χ1n) is 9.10. The van der Waals surface area contributed by atoms with Crippen LogP contribution in [0.15, 0.2) is 72.9 Å². The number of carbonyl (C=O) groups is 1. The van der Waals surface area contributed by atoms with Gasteiger partial charge in [0.25, 0.3) is 0 Å². The van der Waals surface area contributed by atoms with Crippen molar-refractivity contribution in [1.29, 1.82) is 0 Å². The van der Waals surface area contributed by atoms with Gasteiger partial charge in [-0.05, 0) is 32.1 Å². The summed E-state index contributed by atoms with van der Waals surface area (Å²) in [6.45, 7) is 2.02. The van der Waals surface area contributed by atoms with Crippen molar-refractivity contribution in [2.45, 2.75) is 57.7 Å². The van der Waals surface area contributed by atoms with E-state index in [1.165, 1.54) is 0 Å². The van der Waals surface area contributed by atoms with E-state index < -0.39 is 18.2 Å². The third-order valence-electron chi connectivity index (χ3n) is 3.35. The Balaban J connectivity index is 3.85. The van der Waals surface area contributed by atoms with Crippen LogP contribution in [0.4, 0.5) is 0 Å². The first kappa shape index (κ1) is 23.8. The average Bonchev–Trinajstić information content (AvgIpc) is 2.61. The van der Waals surface area contributed by atoms with E-state index in [2.05, 4.69) is 0 Å². The number of hydrogen-bond acceptors (Lipinski definition) is 3. The molecule has 3 N–H and O–H groups in total. The van der Waals surface area contributed by atoms with Crippen molar-refractivity contribution in [3.8, 4) is 0 Å². The number of rotatable bonds is 14. The van der Waals surface area contributed by atoms with Crippen LogP contribution < -0.4 is 0 Å². The Hall–Kier alpha value is -2.17. The second-order valence-corrected chi connectivity index (χ2v) is 5.72. The topological polar surface area (TPSA) is 77.8 Å². The highest BCUT2D eigenvalue weighted by atomic mass is 16.4. The highest BCUT2D eigenvalue weighted by molar-refractivity contribution is 5.66. The molecule has 0 rings (SSSR count). The molecule has 0 aromatic heterocycles. The van der Waals surface area contributed by atoms with Crippen LogP contribution in [0.2, 0.25) is 0 Å². The molecule has 0 saturated carbocycles. The van der Waals surface area contributed by atoms with Crippen LogP contribution in [0.25, 0.3) is 0 Å². The van der Waals surface area contributed by atoms with Crippen molar-refractivity contribution in [2.24, 2.45) is 0 Å². The van der Waals surface area contributed by atoms with Gasteiger partial charge in [0.1, 0.15) is 0 Å². The van der Waals surface area contributed by atoms with Crippen molar-refractivity contribution < 1.29 is 20.1 Å². The molecule has 144 valence electrons. The minimum absolute atomic E-state index is 0.176. The summed E-state index contributed by atoms with van der Waals surface area (Å²) in [7, 11) is 0. The molecule has 2 atom stereocenters. The van der Waals surface area contributed by atoms with E-state index in [0.717, 1.165) is 19.3 Å². The highest BCUT2D eigenvalue weighted by Crippen LogP contribution is 2.02. The largest absolute Gasteiger partial charge is 0.481 e. The monoisotopic (exact) mass is 360 g/mol. The molecule has 0 aliphatic rings. The third kappa shape index (κ3) is 16.7.